The van der Waals surface area contributed by atoms with Crippen LogP contribution in [0.25, 0.3) is 0 Å². The van der Waals surface area contributed by atoms with Crippen molar-refractivity contribution in [2.24, 2.45) is 0 Å². The van der Waals surface area contributed by atoms with E-state index in [4.69, 9.17) is 14.2 Å². The number of hydrogen-bond donors (Lipinski definition) is 1. The van der Waals surface area contributed by atoms with Gasteiger partial charge in [0.2, 0.25) is 5.13 Å². The molecule has 10 heteroatoms. The van der Waals surface area contributed by atoms with Crippen LogP contribution in [0.4, 0.5) is 5.13 Å². The molecule has 1 spiro atoms. The summed E-state index contributed by atoms with van der Waals surface area (Å²) in [4.78, 5) is 16.4. The van der Waals surface area contributed by atoms with Gasteiger partial charge in [-0.1, -0.05) is 29.5 Å². The predicted octanol–water partition coefficient (Wildman–Crippen LogP) is 2.00. The van der Waals surface area contributed by atoms with Gasteiger partial charge in [-0.05, 0) is 49.9 Å². The molecule has 0 amide bonds. The van der Waals surface area contributed by atoms with Crippen molar-refractivity contribution in [3.8, 4) is 5.75 Å². The van der Waals surface area contributed by atoms with Crippen LogP contribution in [0.15, 0.2) is 29.8 Å². The van der Waals surface area contributed by atoms with Crippen molar-refractivity contribution in [3.05, 3.63) is 35.3 Å². The van der Waals surface area contributed by atoms with E-state index in [1.165, 1.54) is 16.9 Å². The molecule has 6 rings (SSSR count). The van der Waals surface area contributed by atoms with Gasteiger partial charge in [-0.25, -0.2) is 4.79 Å². The summed E-state index contributed by atoms with van der Waals surface area (Å²) in [5, 5.41) is 18.5. The van der Waals surface area contributed by atoms with Crippen molar-refractivity contribution in [1.82, 2.24) is 15.1 Å². The Labute approximate surface area is 196 Å². The van der Waals surface area contributed by atoms with Crippen LogP contribution in [0.3, 0.4) is 0 Å². The lowest BCUT2D eigenvalue weighted by Crippen LogP contribution is -2.73. The summed E-state index contributed by atoms with van der Waals surface area (Å²) < 4.78 is 17.6. The van der Waals surface area contributed by atoms with Gasteiger partial charge in [0.15, 0.2) is 6.04 Å². The summed E-state index contributed by atoms with van der Waals surface area (Å²) in [7, 11) is 0. The minimum atomic E-state index is -0.857. The number of carbonyl (C=O) groups is 1. The van der Waals surface area contributed by atoms with Crippen LogP contribution < -0.4 is 9.64 Å². The first-order valence-electron chi connectivity index (χ1n) is 11.6. The van der Waals surface area contributed by atoms with E-state index in [2.05, 4.69) is 33.3 Å². The lowest BCUT2D eigenvalue weighted by Gasteiger charge is -2.52. The maximum atomic E-state index is 12.1. The fraction of sp³-hybridized carbons (Fsp3) is 0.609. The standard InChI is InChI=1S/C23H28N4O5S/c28-21(29)20-23(13-27(20)22-25-24-14-33-22)9-16(10-31-23)26-7-5-15(6-8-26)18-3-1-2-4-19(18)32-17-11-30-12-17/h1-4,14-17,20H,5-13H2,(H,28,29)/t16?,20-,23?/m1/s1. The van der Waals surface area contributed by atoms with Gasteiger partial charge in [-0.3, -0.25) is 4.90 Å². The summed E-state index contributed by atoms with van der Waals surface area (Å²) >= 11 is 1.36. The molecule has 0 aliphatic carbocycles. The van der Waals surface area contributed by atoms with Crippen molar-refractivity contribution >= 4 is 22.4 Å². The quantitative estimate of drug-likeness (QED) is 0.677. The smallest absolute Gasteiger partial charge is 0.329 e. The zero-order valence-electron chi connectivity index (χ0n) is 18.3. The Balaban J connectivity index is 1.08. The molecule has 4 aliphatic heterocycles. The Hall–Kier alpha value is -2.27. The number of aromatic nitrogens is 2. The van der Waals surface area contributed by atoms with Gasteiger partial charge in [-0.2, -0.15) is 0 Å². The number of likely N-dealkylation sites (tertiary alicyclic amines) is 1. The van der Waals surface area contributed by atoms with E-state index < -0.39 is 17.6 Å². The molecule has 1 N–H and O–H groups in total. The second-order valence-corrected chi connectivity index (χ2v) is 10.3. The van der Waals surface area contributed by atoms with Gasteiger partial charge in [0.05, 0.1) is 26.4 Å². The van der Waals surface area contributed by atoms with E-state index in [1.54, 1.807) is 10.4 Å². The SMILES string of the molecule is O=C(O)[C@H]1N(c2nncs2)CC12CC(N1CCC(c3ccccc3OC3COC3)CC1)CO2. The Morgan fingerprint density at radius 1 is 1.21 bits per heavy atom. The number of para-hydroxylation sites is 1. The second kappa shape index (κ2) is 8.50. The number of rotatable bonds is 6. The van der Waals surface area contributed by atoms with E-state index in [9.17, 15) is 9.90 Å². The molecule has 4 fully saturated rings. The molecule has 4 aliphatic rings. The minimum absolute atomic E-state index is 0.169. The number of carboxylic acid groups (broad SMARTS) is 1. The van der Waals surface area contributed by atoms with Gasteiger partial charge in [0.25, 0.3) is 0 Å². The van der Waals surface area contributed by atoms with Gasteiger partial charge >= 0.3 is 5.97 Å². The summed E-state index contributed by atoms with van der Waals surface area (Å²) in [5.74, 6) is 0.602. The van der Waals surface area contributed by atoms with Crippen LogP contribution in [0.1, 0.15) is 30.7 Å². The molecule has 0 bridgehead atoms. The molecule has 3 atom stereocenters. The highest BCUT2D eigenvalue weighted by atomic mass is 32.1. The number of anilines is 1. The largest absolute Gasteiger partial charge is 0.485 e. The Morgan fingerprint density at radius 3 is 2.73 bits per heavy atom. The van der Waals surface area contributed by atoms with Crippen molar-refractivity contribution < 1.29 is 24.1 Å². The van der Waals surface area contributed by atoms with Crippen LogP contribution >= 0.6 is 11.3 Å². The molecule has 0 radical (unpaired) electrons. The third-order valence-electron chi connectivity index (χ3n) is 7.53. The number of hydrogen-bond acceptors (Lipinski definition) is 9. The average molecular weight is 473 g/mol. The fourth-order valence-corrected chi connectivity index (χ4v) is 6.33. The van der Waals surface area contributed by atoms with Crippen LogP contribution in [-0.4, -0.2) is 89.4 Å². The average Bonchev–Trinajstić information content (AvgIpc) is 3.46. The first kappa shape index (κ1) is 21.3. The molecular formula is C23H28N4O5S. The zero-order valence-corrected chi connectivity index (χ0v) is 19.2. The third-order valence-corrected chi connectivity index (χ3v) is 8.25. The molecule has 176 valence electrons. The van der Waals surface area contributed by atoms with E-state index in [-0.39, 0.29) is 12.1 Å². The monoisotopic (exact) mass is 472 g/mol. The van der Waals surface area contributed by atoms with E-state index in [0.717, 1.165) is 38.1 Å². The summed E-state index contributed by atoms with van der Waals surface area (Å²) in [5.41, 5.74) is 2.29. The van der Waals surface area contributed by atoms with Crippen LogP contribution in [0.2, 0.25) is 0 Å². The molecule has 2 unspecified atom stereocenters. The topological polar surface area (TPSA) is 97.2 Å². The normalized spacial score (nSPS) is 30.8. The molecule has 4 saturated heterocycles. The minimum Gasteiger partial charge on any atom is -0.485 e. The van der Waals surface area contributed by atoms with Crippen LogP contribution in [0, 0.1) is 0 Å². The summed E-state index contributed by atoms with van der Waals surface area (Å²) in [6, 6.07) is 7.94. The Kier molecular flexibility index (Phi) is 5.48. The van der Waals surface area contributed by atoms with Crippen molar-refractivity contribution in [2.45, 2.75) is 49.0 Å². The van der Waals surface area contributed by atoms with E-state index in [0.29, 0.717) is 37.4 Å². The Bertz CT molecular complexity index is 994. The highest BCUT2D eigenvalue weighted by Crippen LogP contribution is 2.46. The molecular weight excluding hydrogens is 444 g/mol. The van der Waals surface area contributed by atoms with Crippen LogP contribution in [-0.2, 0) is 14.3 Å². The van der Waals surface area contributed by atoms with Gasteiger partial charge in [0, 0.05) is 6.04 Å². The second-order valence-electron chi connectivity index (χ2n) is 9.45. The first-order chi connectivity index (χ1) is 16.1. The lowest BCUT2D eigenvalue weighted by molar-refractivity contribution is -0.152. The maximum Gasteiger partial charge on any atom is 0.329 e. The molecule has 33 heavy (non-hydrogen) atoms. The van der Waals surface area contributed by atoms with E-state index >= 15 is 0 Å². The third kappa shape index (κ3) is 3.78. The first-order valence-corrected chi connectivity index (χ1v) is 12.5. The predicted molar refractivity (Wildman–Crippen MR) is 121 cm³/mol. The Morgan fingerprint density at radius 2 is 2.03 bits per heavy atom. The molecule has 1 aromatic carbocycles. The van der Waals surface area contributed by atoms with Crippen molar-refractivity contribution in [2.75, 3.05) is 44.4 Å². The lowest BCUT2D eigenvalue weighted by atomic mass is 9.79. The van der Waals surface area contributed by atoms with Gasteiger partial charge in [-0.15, -0.1) is 10.2 Å². The highest BCUT2D eigenvalue weighted by molar-refractivity contribution is 7.13. The highest BCUT2D eigenvalue weighted by Gasteiger charge is 2.62. The number of ether oxygens (including phenoxy) is 3. The zero-order chi connectivity index (χ0) is 22.4. The number of carboxylic acids is 1. The number of aliphatic carboxylic acids is 1. The van der Waals surface area contributed by atoms with Gasteiger partial charge in [0.1, 0.15) is 23.0 Å². The fourth-order valence-electron chi connectivity index (χ4n) is 5.74. The van der Waals surface area contributed by atoms with Crippen LogP contribution in [0.5, 0.6) is 5.75 Å². The van der Waals surface area contributed by atoms with Crippen molar-refractivity contribution in [1.29, 1.82) is 0 Å². The maximum absolute atomic E-state index is 12.1. The number of nitrogens with zero attached hydrogens (tertiary/aromatic N) is 4. The summed E-state index contributed by atoms with van der Waals surface area (Å²) in [6.07, 6.45) is 3.03. The number of benzene rings is 1. The molecule has 5 heterocycles. The molecule has 9 nitrogen and oxygen atoms in total. The van der Waals surface area contributed by atoms with Gasteiger partial charge < -0.3 is 24.2 Å². The number of piperidine rings is 1. The van der Waals surface area contributed by atoms with Crippen molar-refractivity contribution in [3.63, 3.8) is 0 Å². The molecule has 1 aromatic heterocycles. The van der Waals surface area contributed by atoms with E-state index in [1.807, 2.05) is 6.07 Å². The molecule has 2 aromatic rings. The molecule has 0 saturated carbocycles. The summed E-state index contributed by atoms with van der Waals surface area (Å²) in [6.45, 7) is 4.44.